The van der Waals surface area contributed by atoms with Crippen LogP contribution in [0.3, 0.4) is 0 Å². The van der Waals surface area contributed by atoms with Crippen LogP contribution in [-0.4, -0.2) is 128 Å². The van der Waals surface area contributed by atoms with Crippen LogP contribution in [0.15, 0.2) is 85.6 Å². The number of carbonyl (C=O) groups excluding carboxylic acids is 4. The second-order valence-corrected chi connectivity index (χ2v) is 26.6. The molecule has 1 fully saturated rings. The van der Waals surface area contributed by atoms with Crippen LogP contribution < -0.4 is 16.4 Å². The van der Waals surface area contributed by atoms with E-state index in [1.165, 1.54) is 65.2 Å². The van der Waals surface area contributed by atoms with Gasteiger partial charge in [-0.05, 0) is 57.8 Å². The van der Waals surface area contributed by atoms with Gasteiger partial charge in [-0.15, -0.1) is 0 Å². The summed E-state index contributed by atoms with van der Waals surface area (Å²) >= 11 is 0.940. The number of aromatic nitrogens is 4. The number of Topliss-reactive ketones (excluding diaryl/α,β-unsaturated/α-hetero) is 1. The number of imidazole rings is 1. The van der Waals surface area contributed by atoms with Crippen LogP contribution in [0.5, 0.6) is 0 Å². The van der Waals surface area contributed by atoms with Gasteiger partial charge in [0.05, 0.1) is 26.0 Å². The van der Waals surface area contributed by atoms with Crippen LogP contribution >= 0.6 is 35.2 Å². The maximum Gasteiger partial charge on any atom is 0.481 e. The van der Waals surface area contributed by atoms with Crippen molar-refractivity contribution < 1.29 is 85.3 Å². The number of rotatable bonds is 47. The average Bonchev–Trinajstić information content (AvgIpc) is 1.67. The van der Waals surface area contributed by atoms with Gasteiger partial charge >= 0.3 is 23.5 Å². The van der Waals surface area contributed by atoms with E-state index in [4.69, 9.17) is 19.5 Å². The Balaban J connectivity index is 1.15. The quantitative estimate of drug-likeness (QED) is 0.0129. The predicted octanol–water partition coefficient (Wildman–Crippen LogP) is 9.78. The van der Waals surface area contributed by atoms with Crippen molar-refractivity contribution in [1.82, 2.24) is 30.2 Å². The van der Waals surface area contributed by atoms with Crippen LogP contribution in [0.1, 0.15) is 168 Å². The summed E-state index contributed by atoms with van der Waals surface area (Å²) in [6.07, 6.45) is 41.0. The summed E-state index contributed by atoms with van der Waals surface area (Å²) < 4.78 is 62.6. The number of nitrogens with two attached hydrogens (primary N) is 1. The Kier molecular flexibility index (Phi) is 36.9. The molecule has 1 aliphatic rings. The van der Waals surface area contributed by atoms with Gasteiger partial charge in [-0.2, -0.15) is 4.31 Å². The fourth-order valence-electron chi connectivity index (χ4n) is 8.59. The molecule has 1 aliphatic heterocycles. The highest BCUT2D eigenvalue weighted by Gasteiger charge is 2.50. The van der Waals surface area contributed by atoms with Crippen molar-refractivity contribution >= 4 is 74.9 Å². The topological polar surface area (TPSA) is 381 Å². The highest BCUT2D eigenvalue weighted by atomic mass is 32.2. The van der Waals surface area contributed by atoms with Gasteiger partial charge < -0.3 is 50.9 Å². The molecule has 2 amide bonds. The molecule has 0 radical (unpaired) electrons. The van der Waals surface area contributed by atoms with Crippen LogP contribution in [0.4, 0.5) is 5.82 Å². The Morgan fingerprint density at radius 2 is 1.27 bits per heavy atom. The SMILES string of the molecule is CC/C=C\C/C=C\C/C=C\C/C=C\C/C=C\C/C=C\CCCCCCCCCCCCCCC(=O)CC(=O)SCCNC(=O)CCNC(=O)[C@H](O)C(C)(C)COP(=O)(O)OP(=O)(O)OC[C@H]1O[C@@H](n2cnc3c(N)ncnc32)[C@H](O)[C@@H]1OP(=O)(O)O. The number of thioether (sulfide) groups is 1. The molecule has 0 bridgehead atoms. The zero-order valence-electron chi connectivity index (χ0n) is 49.8. The summed E-state index contributed by atoms with van der Waals surface area (Å²) in [5.41, 5.74) is 4.25. The molecule has 2 unspecified atom stereocenters. The van der Waals surface area contributed by atoms with Gasteiger partial charge in [0.25, 0.3) is 0 Å². The molecular formula is C57H92N7O18P3S. The molecule has 0 aliphatic carbocycles. The Hall–Kier alpha value is -4.33. The number of nitrogens with one attached hydrogen (secondary N) is 2. The number of fused-ring (bicyclic) bond motifs is 1. The number of anilines is 1. The van der Waals surface area contributed by atoms with Crippen molar-refractivity contribution in [1.29, 1.82) is 0 Å². The standard InChI is InChI=1S/C57H92N7O18P3S/c1-4-5-6-7-8-9-10-11-12-13-14-15-16-17-18-19-20-21-22-23-24-25-26-27-28-29-30-31-32-33-34-35-45(65)40-48(67)86-39-38-59-47(66)36-37-60-55(70)52(69)57(2,3)42-79-85(76,77)82-84(74,75)78-41-46-51(81-83(71,72)73)50(68)56(80-46)64-44-63-49-53(58)61-43-62-54(49)64/h5-6,8-9,11-12,14-15,17-18,20-21,43-44,46,50-52,56,68-69H,4,7,10,13,16,19,22-42H2,1-3H3,(H,59,66)(H,60,70)(H,74,75)(H,76,77)(H2,58,61,62)(H2,71,72,73)/b6-5-,9-8-,12-11-,15-14-,18-17-,21-20-/t46-,50-,51-,52+,56-/m1/s1. The molecular weight excluding hydrogens is 1200 g/mol. The molecule has 10 N–H and O–H groups in total. The molecule has 86 heavy (non-hydrogen) atoms. The van der Waals surface area contributed by atoms with Gasteiger partial charge in [0, 0.05) is 37.1 Å². The molecule has 2 aromatic rings. The summed E-state index contributed by atoms with van der Waals surface area (Å²) in [5, 5.41) is 26.3. The molecule has 0 aromatic carbocycles. The summed E-state index contributed by atoms with van der Waals surface area (Å²) in [7, 11) is -16.5. The Labute approximate surface area is 509 Å². The van der Waals surface area contributed by atoms with E-state index >= 15 is 0 Å². The fraction of sp³-hybridized carbons (Fsp3) is 0.632. The van der Waals surface area contributed by atoms with Gasteiger partial charge in [-0.1, -0.05) is 170 Å². The van der Waals surface area contributed by atoms with Crippen LogP contribution in [-0.2, 0) is 55.5 Å². The number of amides is 2. The van der Waals surface area contributed by atoms with Gasteiger partial charge in [-0.25, -0.2) is 28.6 Å². The minimum absolute atomic E-state index is 0.0252. The first-order valence-corrected chi connectivity index (χ1v) is 34.9. The highest BCUT2D eigenvalue weighted by Crippen LogP contribution is 2.61. The van der Waals surface area contributed by atoms with Crippen molar-refractivity contribution in [3.05, 3.63) is 85.6 Å². The van der Waals surface area contributed by atoms with Crippen molar-refractivity contribution in [2.24, 2.45) is 5.41 Å². The summed E-state index contributed by atoms with van der Waals surface area (Å²) in [5.74, 6) is -1.41. The number of aliphatic hydroxyl groups excluding tert-OH is 2. The first kappa shape index (κ1) is 75.9. The van der Waals surface area contributed by atoms with E-state index in [0.717, 1.165) is 99.6 Å². The van der Waals surface area contributed by atoms with E-state index in [9.17, 15) is 62.7 Å². The first-order valence-electron chi connectivity index (χ1n) is 29.4. The van der Waals surface area contributed by atoms with Gasteiger partial charge in [0.1, 0.15) is 42.0 Å². The number of nitrogens with zero attached hydrogens (tertiary/aromatic N) is 4. The average molecular weight is 1290 g/mol. The second kappa shape index (κ2) is 41.8. The zero-order valence-corrected chi connectivity index (χ0v) is 53.3. The lowest BCUT2D eigenvalue weighted by Crippen LogP contribution is -2.46. The molecule has 29 heteroatoms. The van der Waals surface area contributed by atoms with E-state index in [-0.39, 0.29) is 59.6 Å². The van der Waals surface area contributed by atoms with E-state index < -0.39 is 84.6 Å². The number of hydrogen-bond donors (Lipinski definition) is 9. The molecule has 484 valence electrons. The largest absolute Gasteiger partial charge is 0.481 e. The first-order chi connectivity index (χ1) is 40.9. The maximum atomic E-state index is 12.8. The lowest BCUT2D eigenvalue weighted by Gasteiger charge is -2.30. The number of allylic oxidation sites excluding steroid dienone is 12. The number of ketones is 1. The minimum Gasteiger partial charge on any atom is -0.386 e. The second-order valence-electron chi connectivity index (χ2n) is 21.2. The fourth-order valence-corrected chi connectivity index (χ4v) is 12.1. The number of aliphatic hydroxyl groups is 2. The number of phosphoric ester groups is 3. The molecule has 3 heterocycles. The third-order valence-corrected chi connectivity index (χ3v) is 17.3. The molecule has 1 saturated heterocycles. The molecule has 25 nitrogen and oxygen atoms in total. The number of ether oxygens (including phenoxy) is 1. The van der Waals surface area contributed by atoms with Gasteiger partial charge in [-0.3, -0.25) is 37.3 Å². The van der Waals surface area contributed by atoms with Crippen LogP contribution in [0, 0.1) is 5.41 Å². The number of unbranched alkanes of at least 4 members (excludes halogenated alkanes) is 12. The van der Waals surface area contributed by atoms with Crippen molar-refractivity contribution in [2.45, 2.75) is 193 Å². The predicted molar refractivity (Wildman–Crippen MR) is 330 cm³/mol. The molecule has 0 saturated carbocycles. The van der Waals surface area contributed by atoms with E-state index in [2.05, 4.69) is 114 Å². The monoisotopic (exact) mass is 1290 g/mol. The van der Waals surface area contributed by atoms with Gasteiger partial charge in [0.15, 0.2) is 22.8 Å². The van der Waals surface area contributed by atoms with Crippen molar-refractivity contribution in [2.75, 3.05) is 37.8 Å². The summed E-state index contributed by atoms with van der Waals surface area (Å²) in [6.45, 7) is 2.48. The molecule has 0 spiro atoms. The third-order valence-electron chi connectivity index (χ3n) is 13.3. The Bertz CT molecular complexity index is 2700. The lowest BCUT2D eigenvalue weighted by atomic mass is 9.87. The van der Waals surface area contributed by atoms with E-state index in [1.807, 2.05) is 0 Å². The summed E-state index contributed by atoms with van der Waals surface area (Å²) in [6, 6.07) is 0. The van der Waals surface area contributed by atoms with E-state index in [0.29, 0.717) is 6.42 Å². The molecule has 7 atom stereocenters. The molecule has 3 rings (SSSR count). The normalized spacial score (nSPS) is 18.8. The third kappa shape index (κ3) is 32.8. The van der Waals surface area contributed by atoms with Crippen molar-refractivity contribution in [3.8, 4) is 0 Å². The van der Waals surface area contributed by atoms with Gasteiger partial charge in [0.2, 0.25) is 11.8 Å². The zero-order chi connectivity index (χ0) is 63.3. The molecule has 2 aromatic heterocycles. The number of carbonyl (C=O) groups is 4. The Morgan fingerprint density at radius 1 is 0.733 bits per heavy atom. The Morgan fingerprint density at radius 3 is 1.84 bits per heavy atom. The van der Waals surface area contributed by atoms with E-state index in [1.54, 1.807) is 0 Å². The number of nitrogen functional groups attached to an aromatic ring is 1. The smallest absolute Gasteiger partial charge is 0.386 e. The maximum absolute atomic E-state index is 12.8. The summed E-state index contributed by atoms with van der Waals surface area (Å²) in [4.78, 5) is 101. The number of phosphoric acid groups is 3. The van der Waals surface area contributed by atoms with Crippen molar-refractivity contribution in [3.63, 3.8) is 0 Å². The lowest BCUT2D eigenvalue weighted by molar-refractivity contribution is -0.137. The highest BCUT2D eigenvalue weighted by molar-refractivity contribution is 8.13. The van der Waals surface area contributed by atoms with Crippen LogP contribution in [0.25, 0.3) is 11.2 Å². The minimum atomic E-state index is -5.60. The number of hydrogen-bond acceptors (Lipinski definition) is 19. The van der Waals surface area contributed by atoms with Crippen LogP contribution in [0.2, 0.25) is 0 Å².